The Hall–Kier alpha value is -0.170. The fourth-order valence-corrected chi connectivity index (χ4v) is 4.94. The Bertz CT molecular complexity index is 405. The van der Waals surface area contributed by atoms with Crippen LogP contribution in [0.4, 0.5) is 0 Å². The van der Waals surface area contributed by atoms with Crippen LogP contribution in [-0.4, -0.2) is 56.3 Å². The van der Waals surface area contributed by atoms with E-state index in [-0.39, 0.29) is 0 Å². The smallest absolute Gasteiger partial charge is 0.281 e. The predicted octanol–water partition coefficient (Wildman–Crippen LogP) is 1.28. The summed E-state index contributed by atoms with van der Waals surface area (Å²) in [5.41, 5.74) is 0. The molecule has 5 nitrogen and oxygen atoms in total. The first-order valence-corrected chi connectivity index (χ1v) is 9.27. The number of nitrogens with zero attached hydrogens (tertiary/aromatic N) is 2. The second-order valence-corrected chi connectivity index (χ2v) is 8.36. The lowest BCUT2D eigenvalue weighted by molar-refractivity contribution is 0.205. The number of hydrogen-bond acceptors (Lipinski definition) is 3. The summed E-state index contributed by atoms with van der Waals surface area (Å²) in [7, 11) is -1.30. The van der Waals surface area contributed by atoms with Crippen LogP contribution in [0.25, 0.3) is 0 Å². The Kier molecular flexibility index (Phi) is 5.45. The van der Waals surface area contributed by atoms with Gasteiger partial charge in [-0.3, -0.25) is 0 Å². The van der Waals surface area contributed by atoms with E-state index < -0.39 is 10.2 Å². The molecule has 0 amide bonds. The van der Waals surface area contributed by atoms with E-state index in [1.165, 1.54) is 0 Å². The molecule has 2 rings (SSSR count). The third-order valence-corrected chi connectivity index (χ3v) is 6.98. The molecule has 0 radical (unpaired) electrons. The molecular weight excluding hydrogens is 274 g/mol. The molecule has 0 aromatic rings. The van der Waals surface area contributed by atoms with E-state index in [0.29, 0.717) is 44.1 Å². The summed E-state index contributed by atoms with van der Waals surface area (Å²) in [5, 5.41) is 3.26. The summed E-state index contributed by atoms with van der Waals surface area (Å²) in [6.45, 7) is 7.06. The van der Waals surface area contributed by atoms with Gasteiger partial charge in [-0.15, -0.1) is 0 Å². The van der Waals surface area contributed by atoms with Crippen LogP contribution in [0.2, 0.25) is 0 Å². The van der Waals surface area contributed by atoms with Crippen molar-refractivity contribution >= 4 is 10.2 Å². The monoisotopic (exact) mass is 303 g/mol. The van der Waals surface area contributed by atoms with Gasteiger partial charge in [0.2, 0.25) is 0 Å². The van der Waals surface area contributed by atoms with Gasteiger partial charge in [0.15, 0.2) is 0 Å². The maximum Gasteiger partial charge on any atom is 0.281 e. The molecule has 2 unspecified atom stereocenters. The standard InChI is InChI=1S/C14H29N3O2S/c1-12-6-9-16(10-7-12)20(18,19)17-8-4-5-14(11-17)13(2)15-3/h12-15H,4-11H2,1-3H3. The summed E-state index contributed by atoms with van der Waals surface area (Å²) in [4.78, 5) is 0. The van der Waals surface area contributed by atoms with Gasteiger partial charge in [0.1, 0.15) is 0 Å². The third-order valence-electron chi connectivity index (χ3n) is 4.98. The Morgan fingerprint density at radius 3 is 2.35 bits per heavy atom. The van der Waals surface area contributed by atoms with Crippen molar-refractivity contribution in [2.45, 2.75) is 45.6 Å². The topological polar surface area (TPSA) is 52.7 Å². The molecule has 118 valence electrons. The first-order chi connectivity index (χ1) is 9.45. The van der Waals surface area contributed by atoms with E-state index in [2.05, 4.69) is 19.2 Å². The molecule has 2 atom stereocenters. The first kappa shape index (κ1) is 16.2. The Balaban J connectivity index is 2.01. The predicted molar refractivity (Wildman–Crippen MR) is 81.7 cm³/mol. The summed E-state index contributed by atoms with van der Waals surface area (Å²) >= 11 is 0. The van der Waals surface area contributed by atoms with Crippen molar-refractivity contribution in [3.63, 3.8) is 0 Å². The van der Waals surface area contributed by atoms with E-state index in [1.807, 2.05) is 7.05 Å². The van der Waals surface area contributed by atoms with Gasteiger partial charge in [-0.25, -0.2) is 0 Å². The molecule has 20 heavy (non-hydrogen) atoms. The number of nitrogens with one attached hydrogen (secondary N) is 1. The van der Waals surface area contributed by atoms with Gasteiger partial charge in [-0.2, -0.15) is 17.0 Å². The minimum Gasteiger partial charge on any atom is -0.317 e. The Morgan fingerprint density at radius 2 is 1.75 bits per heavy atom. The fourth-order valence-electron chi connectivity index (χ4n) is 3.21. The molecule has 0 saturated carbocycles. The van der Waals surface area contributed by atoms with Crippen molar-refractivity contribution in [1.82, 2.24) is 13.9 Å². The van der Waals surface area contributed by atoms with Gasteiger partial charge in [0.05, 0.1) is 0 Å². The van der Waals surface area contributed by atoms with Crippen molar-refractivity contribution in [3.8, 4) is 0 Å². The van der Waals surface area contributed by atoms with Gasteiger partial charge in [-0.05, 0) is 51.5 Å². The molecule has 2 aliphatic rings. The lowest BCUT2D eigenvalue weighted by atomic mass is 9.93. The largest absolute Gasteiger partial charge is 0.317 e. The molecule has 1 N–H and O–H groups in total. The van der Waals surface area contributed by atoms with Crippen molar-refractivity contribution < 1.29 is 8.42 Å². The van der Waals surface area contributed by atoms with E-state index in [4.69, 9.17) is 0 Å². The maximum atomic E-state index is 12.7. The molecule has 0 aromatic carbocycles. The quantitative estimate of drug-likeness (QED) is 0.851. The van der Waals surface area contributed by atoms with E-state index in [0.717, 1.165) is 25.7 Å². The molecule has 0 aromatic heterocycles. The Labute approximate surface area is 123 Å². The van der Waals surface area contributed by atoms with Crippen LogP contribution in [-0.2, 0) is 10.2 Å². The summed E-state index contributed by atoms with van der Waals surface area (Å²) in [6.07, 6.45) is 4.07. The molecule has 6 heteroatoms. The lowest BCUT2D eigenvalue weighted by Gasteiger charge is -2.39. The van der Waals surface area contributed by atoms with Crippen LogP contribution in [0.5, 0.6) is 0 Å². The molecule has 2 fully saturated rings. The molecule has 2 heterocycles. The molecule has 0 spiro atoms. The van der Waals surface area contributed by atoms with Crippen LogP contribution in [0.15, 0.2) is 0 Å². The average Bonchev–Trinajstić information content (AvgIpc) is 2.47. The van der Waals surface area contributed by atoms with Crippen LogP contribution >= 0.6 is 0 Å². The van der Waals surface area contributed by atoms with Crippen molar-refractivity contribution in [3.05, 3.63) is 0 Å². The maximum absolute atomic E-state index is 12.7. The third kappa shape index (κ3) is 3.53. The highest BCUT2D eigenvalue weighted by Crippen LogP contribution is 2.26. The number of rotatable bonds is 4. The summed E-state index contributed by atoms with van der Waals surface area (Å²) in [6, 6.07) is 0.370. The number of piperidine rings is 2. The number of hydrogen-bond donors (Lipinski definition) is 1. The van der Waals surface area contributed by atoms with Crippen LogP contribution in [0.3, 0.4) is 0 Å². The molecule has 0 bridgehead atoms. The van der Waals surface area contributed by atoms with Gasteiger partial charge >= 0.3 is 0 Å². The van der Waals surface area contributed by atoms with E-state index in [1.54, 1.807) is 8.61 Å². The van der Waals surface area contributed by atoms with Crippen LogP contribution < -0.4 is 5.32 Å². The van der Waals surface area contributed by atoms with Gasteiger partial charge in [-0.1, -0.05) is 6.92 Å². The second kappa shape index (κ2) is 6.73. The zero-order valence-electron chi connectivity index (χ0n) is 13.0. The van der Waals surface area contributed by atoms with Gasteiger partial charge in [0, 0.05) is 32.2 Å². The molecular formula is C14H29N3O2S. The zero-order chi connectivity index (χ0) is 14.8. The highest BCUT2D eigenvalue weighted by molar-refractivity contribution is 7.86. The average molecular weight is 303 g/mol. The SMILES string of the molecule is CNC(C)C1CCCN(S(=O)(=O)N2CCC(C)CC2)C1. The highest BCUT2D eigenvalue weighted by Gasteiger charge is 2.36. The second-order valence-electron chi connectivity index (χ2n) is 6.43. The summed E-state index contributed by atoms with van der Waals surface area (Å²) < 4.78 is 28.9. The summed E-state index contributed by atoms with van der Waals surface area (Å²) in [5.74, 6) is 1.08. The van der Waals surface area contributed by atoms with E-state index in [9.17, 15) is 8.42 Å². The minimum atomic E-state index is -3.24. The van der Waals surface area contributed by atoms with Crippen LogP contribution in [0, 0.1) is 11.8 Å². The molecule has 2 aliphatic heterocycles. The molecule has 0 aliphatic carbocycles. The Morgan fingerprint density at radius 1 is 1.10 bits per heavy atom. The highest BCUT2D eigenvalue weighted by atomic mass is 32.2. The first-order valence-electron chi connectivity index (χ1n) is 7.87. The minimum absolute atomic E-state index is 0.370. The van der Waals surface area contributed by atoms with Gasteiger partial charge < -0.3 is 5.32 Å². The zero-order valence-corrected chi connectivity index (χ0v) is 13.8. The fraction of sp³-hybridized carbons (Fsp3) is 1.00. The van der Waals surface area contributed by atoms with Crippen molar-refractivity contribution in [2.24, 2.45) is 11.8 Å². The van der Waals surface area contributed by atoms with Crippen molar-refractivity contribution in [2.75, 3.05) is 33.2 Å². The lowest BCUT2D eigenvalue weighted by Crippen LogP contribution is -2.52. The normalized spacial score (nSPS) is 29.4. The van der Waals surface area contributed by atoms with E-state index >= 15 is 0 Å². The van der Waals surface area contributed by atoms with Crippen LogP contribution in [0.1, 0.15) is 39.5 Å². The molecule has 2 saturated heterocycles. The van der Waals surface area contributed by atoms with Crippen molar-refractivity contribution in [1.29, 1.82) is 0 Å². The van der Waals surface area contributed by atoms with Gasteiger partial charge in [0.25, 0.3) is 10.2 Å².